The SMILES string of the molecule is CC(C#N)C(=O)N1CCCC1.CC(C)C.COCC(NC(=O)c1cc(Cl)ccc1Cl)C(=O)NC(Cc1ccccc1)B(O)O. The van der Waals surface area contributed by atoms with Gasteiger partial charge in [0.1, 0.15) is 12.0 Å². The monoisotopic (exact) mass is 648 g/mol. The molecule has 1 aliphatic rings. The zero-order valence-electron chi connectivity index (χ0n) is 25.9. The Labute approximate surface area is 270 Å². The second kappa shape index (κ2) is 20.8. The summed E-state index contributed by atoms with van der Waals surface area (Å²) in [5.41, 5.74) is 0.917. The van der Waals surface area contributed by atoms with E-state index in [9.17, 15) is 24.4 Å². The summed E-state index contributed by atoms with van der Waals surface area (Å²) in [5, 5.41) is 33.3. The highest BCUT2D eigenvalue weighted by molar-refractivity contribution is 6.43. The summed E-state index contributed by atoms with van der Waals surface area (Å²) in [6.07, 6.45) is 2.37. The third-order valence-electron chi connectivity index (χ3n) is 6.10. The highest BCUT2D eigenvalue weighted by Gasteiger charge is 2.30. The smallest absolute Gasteiger partial charge is 0.426 e. The van der Waals surface area contributed by atoms with Crippen molar-refractivity contribution in [2.75, 3.05) is 26.8 Å². The van der Waals surface area contributed by atoms with Crippen molar-refractivity contribution in [2.24, 2.45) is 11.8 Å². The number of nitrogens with zero attached hydrogens (tertiary/aromatic N) is 2. The number of carbonyl (C=O) groups is 3. The van der Waals surface area contributed by atoms with E-state index in [4.69, 9.17) is 33.2 Å². The minimum Gasteiger partial charge on any atom is -0.426 e. The molecule has 4 N–H and O–H groups in total. The van der Waals surface area contributed by atoms with Crippen LogP contribution in [0.3, 0.4) is 0 Å². The third-order valence-corrected chi connectivity index (χ3v) is 6.66. The summed E-state index contributed by atoms with van der Waals surface area (Å²) >= 11 is 11.9. The van der Waals surface area contributed by atoms with E-state index in [0.717, 1.165) is 37.4 Å². The average molecular weight is 649 g/mol. The molecule has 0 saturated carbocycles. The highest BCUT2D eigenvalue weighted by Crippen LogP contribution is 2.20. The first-order valence-electron chi connectivity index (χ1n) is 14.4. The minimum atomic E-state index is -1.79. The Balaban J connectivity index is 0.000000530. The van der Waals surface area contributed by atoms with Crippen LogP contribution in [0.1, 0.15) is 56.5 Å². The third kappa shape index (κ3) is 14.6. The van der Waals surface area contributed by atoms with E-state index in [0.29, 0.717) is 5.02 Å². The van der Waals surface area contributed by atoms with Gasteiger partial charge in [0.2, 0.25) is 11.8 Å². The molecular weight excluding hydrogens is 606 g/mol. The van der Waals surface area contributed by atoms with Crippen molar-refractivity contribution in [1.29, 1.82) is 5.26 Å². The van der Waals surface area contributed by atoms with Crippen molar-refractivity contribution in [2.45, 2.75) is 58.9 Å². The lowest BCUT2D eigenvalue weighted by Crippen LogP contribution is -2.56. The molecule has 3 rings (SSSR count). The normalized spacial score (nSPS) is 14.1. The first kappa shape index (κ1) is 38.9. The first-order chi connectivity index (χ1) is 20.8. The molecule has 1 heterocycles. The van der Waals surface area contributed by atoms with Crippen LogP contribution in [0.2, 0.25) is 10.0 Å². The van der Waals surface area contributed by atoms with Gasteiger partial charge in [0.15, 0.2) is 0 Å². The molecular formula is C31H43BCl2N4O6. The molecule has 2 aromatic rings. The summed E-state index contributed by atoms with van der Waals surface area (Å²) in [6.45, 7) is 9.70. The van der Waals surface area contributed by atoms with Crippen LogP contribution in [0.15, 0.2) is 48.5 Å². The van der Waals surface area contributed by atoms with Crippen molar-refractivity contribution in [3.05, 3.63) is 69.7 Å². The van der Waals surface area contributed by atoms with Crippen LogP contribution in [0, 0.1) is 23.2 Å². The van der Waals surface area contributed by atoms with E-state index in [-0.39, 0.29) is 29.5 Å². The Morgan fingerprint density at radius 2 is 1.61 bits per heavy atom. The summed E-state index contributed by atoms with van der Waals surface area (Å²) in [6, 6.07) is 14.3. The maximum atomic E-state index is 12.7. The zero-order chi connectivity index (χ0) is 33.2. The van der Waals surface area contributed by atoms with Crippen molar-refractivity contribution < 1.29 is 29.2 Å². The van der Waals surface area contributed by atoms with Gasteiger partial charge in [-0.15, -0.1) is 0 Å². The Morgan fingerprint density at radius 3 is 2.14 bits per heavy atom. The number of rotatable bonds is 10. The second-order valence-corrected chi connectivity index (χ2v) is 11.8. The molecule has 44 heavy (non-hydrogen) atoms. The molecule has 1 saturated heterocycles. The van der Waals surface area contributed by atoms with Crippen molar-refractivity contribution in [1.82, 2.24) is 15.5 Å². The van der Waals surface area contributed by atoms with E-state index in [1.165, 1.54) is 25.3 Å². The Morgan fingerprint density at radius 1 is 1.02 bits per heavy atom. The van der Waals surface area contributed by atoms with E-state index in [2.05, 4.69) is 31.4 Å². The number of nitriles is 1. The molecule has 0 aliphatic carbocycles. The van der Waals surface area contributed by atoms with Crippen LogP contribution < -0.4 is 10.6 Å². The van der Waals surface area contributed by atoms with Crippen LogP contribution in [-0.4, -0.2) is 78.6 Å². The van der Waals surface area contributed by atoms with E-state index >= 15 is 0 Å². The number of ether oxygens (including phenoxy) is 1. The fraction of sp³-hybridized carbons (Fsp3) is 0.484. The maximum absolute atomic E-state index is 12.7. The number of carbonyl (C=O) groups excluding carboxylic acids is 3. The Hall–Kier alpha value is -3.14. The molecule has 0 radical (unpaired) electrons. The summed E-state index contributed by atoms with van der Waals surface area (Å²) in [7, 11) is -0.415. The van der Waals surface area contributed by atoms with Gasteiger partial charge >= 0.3 is 7.12 Å². The molecule has 2 aromatic carbocycles. The lowest BCUT2D eigenvalue weighted by Gasteiger charge is -2.23. The molecule has 240 valence electrons. The molecule has 13 heteroatoms. The Kier molecular flexibility index (Phi) is 18.3. The molecule has 3 amide bonds. The van der Waals surface area contributed by atoms with Gasteiger partial charge in [0.05, 0.1) is 29.2 Å². The van der Waals surface area contributed by atoms with Crippen molar-refractivity contribution in [3.8, 4) is 6.07 Å². The largest absolute Gasteiger partial charge is 0.475 e. The maximum Gasteiger partial charge on any atom is 0.475 e. The standard InChI is InChI=1S/C19H21BCl2N2O5.C8H12N2O.C4H10/c1-29-11-16(23-18(25)14-10-13(21)7-8-15(14)22)19(26)24-17(20(27)28)9-12-5-3-2-4-6-12;1-7(6-9)8(11)10-4-2-3-5-10;1-4(2)3/h2-8,10,16-17,27-28H,9,11H2,1H3,(H,23,25)(H,24,26);7H,2-5H2,1H3;4H,1-3H3. The summed E-state index contributed by atoms with van der Waals surface area (Å²) in [5.74, 6) is -1.86. The molecule has 3 atom stereocenters. The zero-order valence-corrected chi connectivity index (χ0v) is 27.4. The minimum absolute atomic E-state index is 0.00926. The van der Waals surface area contributed by atoms with Crippen LogP contribution in [0.5, 0.6) is 0 Å². The molecule has 0 bridgehead atoms. The van der Waals surface area contributed by atoms with Crippen LogP contribution >= 0.6 is 23.2 Å². The number of halogens is 2. The number of amides is 3. The summed E-state index contributed by atoms with van der Waals surface area (Å²) < 4.78 is 5.02. The predicted octanol–water partition coefficient (Wildman–Crippen LogP) is 3.91. The van der Waals surface area contributed by atoms with Gasteiger partial charge in [-0.2, -0.15) is 5.26 Å². The number of methoxy groups -OCH3 is 1. The molecule has 1 aliphatic heterocycles. The van der Waals surface area contributed by atoms with Gasteiger partial charge in [-0.3, -0.25) is 14.4 Å². The number of hydrogen-bond acceptors (Lipinski definition) is 7. The second-order valence-electron chi connectivity index (χ2n) is 10.9. The predicted molar refractivity (Wildman–Crippen MR) is 173 cm³/mol. The van der Waals surface area contributed by atoms with E-state index < -0.39 is 36.8 Å². The molecule has 0 aromatic heterocycles. The summed E-state index contributed by atoms with van der Waals surface area (Å²) in [4.78, 5) is 38.3. The average Bonchev–Trinajstić information content (AvgIpc) is 3.52. The molecule has 0 spiro atoms. The lowest BCUT2D eigenvalue weighted by molar-refractivity contribution is -0.132. The van der Waals surface area contributed by atoms with Crippen molar-refractivity contribution in [3.63, 3.8) is 0 Å². The number of nitrogens with one attached hydrogen (secondary N) is 2. The molecule has 10 nitrogen and oxygen atoms in total. The number of likely N-dealkylation sites (tertiary alicyclic amines) is 1. The Bertz CT molecular complexity index is 1220. The number of benzene rings is 2. The molecule has 1 fully saturated rings. The molecule has 3 unspecified atom stereocenters. The van der Waals surface area contributed by atoms with Crippen LogP contribution in [0.4, 0.5) is 0 Å². The van der Waals surface area contributed by atoms with Gasteiger partial charge in [-0.05, 0) is 55.9 Å². The van der Waals surface area contributed by atoms with Gasteiger partial charge in [-0.25, -0.2) is 0 Å². The number of hydrogen-bond donors (Lipinski definition) is 4. The quantitative estimate of drug-likeness (QED) is 0.285. The van der Waals surface area contributed by atoms with Gasteiger partial charge in [0, 0.05) is 25.2 Å². The van der Waals surface area contributed by atoms with Crippen LogP contribution in [0.25, 0.3) is 0 Å². The fourth-order valence-electron chi connectivity index (χ4n) is 3.91. The van der Waals surface area contributed by atoms with Crippen molar-refractivity contribution >= 4 is 48.0 Å². The van der Waals surface area contributed by atoms with Crippen LogP contribution in [-0.2, 0) is 20.7 Å². The highest BCUT2D eigenvalue weighted by atomic mass is 35.5. The first-order valence-corrected chi connectivity index (χ1v) is 15.2. The topological polar surface area (TPSA) is 152 Å². The van der Waals surface area contributed by atoms with Gasteiger partial charge in [-0.1, -0.05) is 74.3 Å². The fourth-order valence-corrected chi connectivity index (χ4v) is 4.28. The van der Waals surface area contributed by atoms with E-state index in [1.54, 1.807) is 36.1 Å². The van der Waals surface area contributed by atoms with Gasteiger partial charge in [0.25, 0.3) is 5.91 Å². The lowest BCUT2D eigenvalue weighted by atomic mass is 9.76. The van der Waals surface area contributed by atoms with Gasteiger partial charge < -0.3 is 30.3 Å². The van der Waals surface area contributed by atoms with E-state index in [1.807, 2.05) is 12.1 Å².